The molecule has 0 bridgehead atoms. The summed E-state index contributed by atoms with van der Waals surface area (Å²) in [5.74, 6) is 1.48. The van der Waals surface area contributed by atoms with Crippen molar-refractivity contribution in [1.82, 2.24) is 10.3 Å². The maximum atomic E-state index is 6.07. The summed E-state index contributed by atoms with van der Waals surface area (Å²) in [6, 6.07) is 17.5. The van der Waals surface area contributed by atoms with E-state index in [4.69, 9.17) is 21.1 Å². The molecule has 4 nitrogen and oxygen atoms in total. The molecule has 3 rings (SSSR count). The quantitative estimate of drug-likeness (QED) is 0.504. The van der Waals surface area contributed by atoms with Crippen molar-refractivity contribution in [1.29, 1.82) is 0 Å². The molecule has 0 aliphatic rings. The Morgan fingerprint density at radius 1 is 0.893 bits per heavy atom. The number of hydrogen-bond acceptors (Lipinski definition) is 4. The maximum absolute atomic E-state index is 6.07. The highest BCUT2D eigenvalue weighted by atomic mass is 35.5. The molecule has 1 aromatic heterocycles. The molecule has 0 spiro atoms. The Hall–Kier alpha value is -1.98. The maximum Gasteiger partial charge on any atom is 0.166 e. The van der Waals surface area contributed by atoms with Gasteiger partial charge in [-0.05, 0) is 41.5 Å². The fraction of sp³-hybridized carbons (Fsp3) is 0.190. The Bertz CT molecular complexity index is 831. The van der Waals surface area contributed by atoms with Crippen molar-refractivity contribution >= 4 is 36.4 Å². The van der Waals surface area contributed by atoms with Crippen LogP contribution in [-0.4, -0.2) is 12.1 Å². The van der Waals surface area contributed by atoms with Gasteiger partial charge in [0.05, 0.1) is 7.11 Å². The van der Waals surface area contributed by atoms with E-state index >= 15 is 0 Å². The van der Waals surface area contributed by atoms with Gasteiger partial charge in [-0.25, -0.2) is 0 Å². The van der Waals surface area contributed by atoms with Gasteiger partial charge in [-0.2, -0.15) is 0 Å². The van der Waals surface area contributed by atoms with E-state index in [-0.39, 0.29) is 24.8 Å². The topological polar surface area (TPSA) is 43.4 Å². The summed E-state index contributed by atoms with van der Waals surface area (Å²) in [6.45, 7) is 1.89. The van der Waals surface area contributed by atoms with Gasteiger partial charge in [0.1, 0.15) is 6.61 Å². The normalized spacial score (nSPS) is 9.79. The lowest BCUT2D eigenvalue weighted by molar-refractivity contribution is 0.280. The molecule has 3 aromatic rings. The van der Waals surface area contributed by atoms with E-state index in [9.17, 15) is 0 Å². The summed E-state index contributed by atoms with van der Waals surface area (Å²) in [5.41, 5.74) is 3.29. The van der Waals surface area contributed by atoms with Crippen molar-refractivity contribution in [3.8, 4) is 11.5 Å². The second-order valence-electron chi connectivity index (χ2n) is 5.82. The number of nitrogens with zero attached hydrogens (tertiary/aromatic N) is 1. The first-order valence-electron chi connectivity index (χ1n) is 8.39. The lowest BCUT2D eigenvalue weighted by Crippen LogP contribution is -2.14. The number of aromatic nitrogens is 1. The third-order valence-electron chi connectivity index (χ3n) is 3.97. The molecule has 150 valence electrons. The van der Waals surface area contributed by atoms with Gasteiger partial charge in [0.2, 0.25) is 0 Å². The summed E-state index contributed by atoms with van der Waals surface area (Å²) in [6.07, 6.45) is 3.59. The summed E-state index contributed by atoms with van der Waals surface area (Å²) >= 11 is 5.94. The van der Waals surface area contributed by atoms with Crippen molar-refractivity contribution in [2.24, 2.45) is 0 Å². The van der Waals surface area contributed by atoms with Crippen LogP contribution in [0.1, 0.15) is 16.7 Å². The molecular formula is C21H23Cl3N2O2. The molecular weight excluding hydrogens is 419 g/mol. The van der Waals surface area contributed by atoms with E-state index < -0.39 is 0 Å². The SMILES string of the molecule is COc1cccc(CNCc2ccncc2)c1OCc1ccc(Cl)cc1.Cl.Cl. The van der Waals surface area contributed by atoms with Crippen molar-refractivity contribution in [3.05, 3.63) is 88.7 Å². The molecule has 0 amide bonds. The summed E-state index contributed by atoms with van der Waals surface area (Å²) in [5, 5.41) is 4.15. The van der Waals surface area contributed by atoms with E-state index in [1.807, 2.05) is 54.6 Å². The average Bonchev–Trinajstić information content (AvgIpc) is 2.69. The summed E-state index contributed by atoms with van der Waals surface area (Å²) in [7, 11) is 1.65. The van der Waals surface area contributed by atoms with E-state index in [1.54, 1.807) is 19.5 Å². The number of benzene rings is 2. The Kier molecular flexibility index (Phi) is 10.7. The zero-order valence-electron chi connectivity index (χ0n) is 15.4. The zero-order valence-corrected chi connectivity index (χ0v) is 17.8. The van der Waals surface area contributed by atoms with E-state index in [0.717, 1.165) is 29.2 Å². The highest BCUT2D eigenvalue weighted by molar-refractivity contribution is 6.30. The van der Waals surface area contributed by atoms with E-state index in [1.165, 1.54) is 5.56 Å². The Labute approximate surface area is 183 Å². The number of para-hydroxylation sites is 1. The molecule has 1 N–H and O–H groups in total. The fourth-order valence-electron chi connectivity index (χ4n) is 2.60. The van der Waals surface area contributed by atoms with Gasteiger partial charge in [-0.3, -0.25) is 4.98 Å². The van der Waals surface area contributed by atoms with Gasteiger partial charge >= 0.3 is 0 Å². The van der Waals surface area contributed by atoms with Crippen LogP contribution < -0.4 is 14.8 Å². The zero-order chi connectivity index (χ0) is 18.2. The number of nitrogens with one attached hydrogen (secondary N) is 1. The number of halogens is 3. The van der Waals surface area contributed by atoms with Crippen LogP contribution in [0.3, 0.4) is 0 Å². The van der Waals surface area contributed by atoms with Crippen LogP contribution >= 0.6 is 36.4 Å². The van der Waals surface area contributed by atoms with Gasteiger partial charge in [0.15, 0.2) is 11.5 Å². The minimum absolute atomic E-state index is 0. The fourth-order valence-corrected chi connectivity index (χ4v) is 2.73. The molecule has 0 aliphatic heterocycles. The Morgan fingerprint density at radius 3 is 2.29 bits per heavy atom. The van der Waals surface area contributed by atoms with Crippen LogP contribution in [0.15, 0.2) is 67.0 Å². The first kappa shape index (κ1) is 24.1. The molecule has 0 radical (unpaired) electrons. The molecule has 0 saturated heterocycles. The molecule has 0 unspecified atom stereocenters. The van der Waals surface area contributed by atoms with E-state index in [2.05, 4.69) is 10.3 Å². The number of pyridine rings is 1. The molecule has 1 heterocycles. The molecule has 2 aromatic carbocycles. The van der Waals surface area contributed by atoms with Crippen LogP contribution in [0.2, 0.25) is 5.02 Å². The van der Waals surface area contributed by atoms with Gasteiger partial charge in [0.25, 0.3) is 0 Å². The molecule has 0 atom stereocenters. The minimum atomic E-state index is 0. The Balaban J connectivity index is 0.00000196. The van der Waals surface area contributed by atoms with Crippen molar-refractivity contribution in [2.45, 2.75) is 19.7 Å². The second-order valence-corrected chi connectivity index (χ2v) is 6.26. The van der Waals surface area contributed by atoms with Crippen LogP contribution in [0.4, 0.5) is 0 Å². The molecule has 28 heavy (non-hydrogen) atoms. The van der Waals surface area contributed by atoms with Crippen molar-refractivity contribution < 1.29 is 9.47 Å². The van der Waals surface area contributed by atoms with Crippen LogP contribution in [0.25, 0.3) is 0 Å². The lowest BCUT2D eigenvalue weighted by Gasteiger charge is -2.16. The molecule has 0 saturated carbocycles. The van der Waals surface area contributed by atoms with Crippen molar-refractivity contribution in [2.75, 3.05) is 7.11 Å². The van der Waals surface area contributed by atoms with Gasteiger partial charge < -0.3 is 14.8 Å². The van der Waals surface area contributed by atoms with Gasteiger partial charge in [0, 0.05) is 36.1 Å². The van der Waals surface area contributed by atoms with Crippen LogP contribution in [-0.2, 0) is 19.7 Å². The molecule has 0 fully saturated rings. The number of methoxy groups -OCH3 is 1. The predicted molar refractivity (Wildman–Crippen MR) is 118 cm³/mol. The second kappa shape index (κ2) is 12.5. The van der Waals surface area contributed by atoms with Crippen molar-refractivity contribution in [3.63, 3.8) is 0 Å². The highest BCUT2D eigenvalue weighted by Gasteiger charge is 2.11. The smallest absolute Gasteiger partial charge is 0.166 e. The number of hydrogen-bond donors (Lipinski definition) is 1. The number of rotatable bonds is 8. The largest absolute Gasteiger partial charge is 0.493 e. The van der Waals surface area contributed by atoms with Crippen LogP contribution in [0, 0.1) is 0 Å². The monoisotopic (exact) mass is 440 g/mol. The first-order valence-corrected chi connectivity index (χ1v) is 8.77. The summed E-state index contributed by atoms with van der Waals surface area (Å²) < 4.78 is 11.5. The third-order valence-corrected chi connectivity index (χ3v) is 4.22. The van der Waals surface area contributed by atoms with Gasteiger partial charge in [-0.15, -0.1) is 24.8 Å². The summed E-state index contributed by atoms with van der Waals surface area (Å²) in [4.78, 5) is 4.03. The standard InChI is InChI=1S/C21H21ClN2O2.2ClH/c1-25-20-4-2-3-18(14-24-13-16-9-11-23-12-10-16)21(20)26-15-17-5-7-19(22)8-6-17;;/h2-12,24H,13-15H2,1H3;2*1H. The average molecular weight is 442 g/mol. The minimum Gasteiger partial charge on any atom is -0.493 e. The van der Waals surface area contributed by atoms with Gasteiger partial charge in [-0.1, -0.05) is 35.9 Å². The molecule has 0 aliphatic carbocycles. The predicted octanol–water partition coefficient (Wildman–Crippen LogP) is 5.46. The lowest BCUT2D eigenvalue weighted by atomic mass is 10.1. The molecule has 7 heteroatoms. The first-order chi connectivity index (χ1) is 12.8. The Morgan fingerprint density at radius 2 is 1.61 bits per heavy atom. The highest BCUT2D eigenvalue weighted by Crippen LogP contribution is 2.32. The van der Waals surface area contributed by atoms with E-state index in [0.29, 0.717) is 18.2 Å². The number of ether oxygens (including phenoxy) is 2. The van der Waals surface area contributed by atoms with Crippen LogP contribution in [0.5, 0.6) is 11.5 Å². The third kappa shape index (κ3) is 6.88.